The molecule has 228 valence electrons. The molecule has 2 aliphatic rings. The number of hydrogen-bond acceptors (Lipinski definition) is 7. The van der Waals surface area contributed by atoms with E-state index in [-0.39, 0.29) is 24.6 Å². The molecule has 0 spiro atoms. The minimum atomic E-state index is -1.31. The van der Waals surface area contributed by atoms with E-state index in [1.807, 2.05) is 0 Å². The largest absolute Gasteiger partial charge is 0.465 e. The van der Waals surface area contributed by atoms with Crippen LogP contribution in [0.3, 0.4) is 0 Å². The molecule has 2 unspecified atom stereocenters. The van der Waals surface area contributed by atoms with Gasteiger partial charge < -0.3 is 9.64 Å². The molecule has 5 rings (SSSR count). The Morgan fingerprint density at radius 3 is 2.60 bits per heavy atom. The number of hydroxylamine groups is 1. The Morgan fingerprint density at radius 1 is 1.09 bits per heavy atom. The number of nitrogens with one attached hydrogen (secondary N) is 2. The standard InChI is InChI=1S/C30H31Cl2N3O6S2/c1-40-30(38)17-13-19(42-16-17)15-41-33-28(36)26-20-7-3-4-8-21(20)29(37)35(25-10-6-5-9-24(25)34-43(2)39)27(26)22-12-11-18(31)14-23(22)32/h3-4,7-8,11-14,16,24-27,34H,5-6,9-10,15H2,1-2H3,(H,33,36)/t24-,25-,26+,27?,43?/m1/s1. The number of esters is 1. The molecule has 1 saturated carbocycles. The Bertz CT molecular complexity index is 1550. The van der Waals surface area contributed by atoms with Gasteiger partial charge in [-0.3, -0.25) is 14.4 Å². The van der Waals surface area contributed by atoms with Gasteiger partial charge in [-0.1, -0.05) is 60.3 Å². The van der Waals surface area contributed by atoms with Gasteiger partial charge in [0.05, 0.1) is 35.6 Å². The van der Waals surface area contributed by atoms with E-state index in [9.17, 15) is 18.6 Å². The highest BCUT2D eigenvalue weighted by molar-refractivity contribution is 7.82. The molecule has 0 radical (unpaired) electrons. The van der Waals surface area contributed by atoms with Crippen LogP contribution in [-0.4, -0.2) is 52.3 Å². The van der Waals surface area contributed by atoms with E-state index in [0.717, 1.165) is 19.3 Å². The SMILES string of the molecule is COC(=O)c1csc(CONC(=O)[C@H]2c3ccccc3C(=O)N([C@@H]3CCCC[C@H]3NS(C)=O)C2c2ccc(Cl)cc2Cl)c1. The molecule has 1 fully saturated rings. The Hall–Kier alpha value is -2.80. The molecule has 2 aromatic carbocycles. The van der Waals surface area contributed by atoms with Crippen LogP contribution in [0.5, 0.6) is 0 Å². The molecule has 13 heteroatoms. The van der Waals surface area contributed by atoms with Crippen molar-refractivity contribution in [2.24, 2.45) is 0 Å². The number of hydrogen-bond donors (Lipinski definition) is 2. The van der Waals surface area contributed by atoms with Crippen LogP contribution in [0, 0.1) is 0 Å². The van der Waals surface area contributed by atoms with Crippen LogP contribution in [0.1, 0.15) is 74.4 Å². The molecule has 1 aliphatic heterocycles. The Morgan fingerprint density at radius 2 is 1.86 bits per heavy atom. The highest BCUT2D eigenvalue weighted by atomic mass is 35.5. The number of halogens is 2. The summed E-state index contributed by atoms with van der Waals surface area (Å²) in [6.07, 6.45) is 4.76. The van der Waals surface area contributed by atoms with Gasteiger partial charge in [0.25, 0.3) is 11.8 Å². The summed E-state index contributed by atoms with van der Waals surface area (Å²) in [5, 5.41) is 2.40. The zero-order valence-corrected chi connectivity index (χ0v) is 26.7. The number of rotatable bonds is 9. The lowest BCUT2D eigenvalue weighted by Gasteiger charge is -2.49. The fourth-order valence-electron chi connectivity index (χ4n) is 5.99. The van der Waals surface area contributed by atoms with Crippen molar-refractivity contribution in [1.29, 1.82) is 0 Å². The van der Waals surface area contributed by atoms with Crippen molar-refractivity contribution in [1.82, 2.24) is 15.1 Å². The molecule has 43 heavy (non-hydrogen) atoms. The van der Waals surface area contributed by atoms with Crippen molar-refractivity contribution < 1.29 is 28.2 Å². The van der Waals surface area contributed by atoms with Gasteiger partial charge >= 0.3 is 5.97 Å². The first-order valence-corrected chi connectivity index (χ1v) is 16.9. The molecule has 1 aromatic heterocycles. The van der Waals surface area contributed by atoms with Crippen LogP contribution >= 0.6 is 34.5 Å². The molecule has 0 saturated heterocycles. The van der Waals surface area contributed by atoms with Gasteiger partial charge in [0, 0.05) is 44.2 Å². The van der Waals surface area contributed by atoms with Gasteiger partial charge in [0.1, 0.15) is 6.61 Å². The molecular weight excluding hydrogens is 633 g/mol. The highest BCUT2D eigenvalue weighted by Crippen LogP contribution is 2.47. The summed E-state index contributed by atoms with van der Waals surface area (Å²) in [6.45, 7) is 0.0215. The molecular formula is C30H31Cl2N3O6S2. The maximum Gasteiger partial charge on any atom is 0.338 e. The molecule has 1 aliphatic carbocycles. The molecule has 3 aromatic rings. The second kappa shape index (κ2) is 13.9. The Labute approximate surface area is 266 Å². The number of benzene rings is 2. The average Bonchev–Trinajstić information content (AvgIpc) is 3.46. The third-order valence-electron chi connectivity index (χ3n) is 7.81. The molecule has 0 bridgehead atoms. The Kier molecular flexibility index (Phi) is 10.2. The molecule has 2 amide bonds. The van der Waals surface area contributed by atoms with E-state index < -0.39 is 34.8 Å². The number of amides is 2. The minimum absolute atomic E-state index is 0.0215. The van der Waals surface area contributed by atoms with Gasteiger partial charge in [0.15, 0.2) is 0 Å². The first kappa shape index (κ1) is 31.6. The lowest BCUT2D eigenvalue weighted by Crippen LogP contribution is -2.58. The lowest BCUT2D eigenvalue weighted by atomic mass is 9.76. The van der Waals surface area contributed by atoms with E-state index in [0.29, 0.717) is 43.6 Å². The van der Waals surface area contributed by atoms with E-state index in [1.54, 1.807) is 65.1 Å². The zero-order valence-electron chi connectivity index (χ0n) is 23.5. The predicted molar refractivity (Wildman–Crippen MR) is 166 cm³/mol. The summed E-state index contributed by atoms with van der Waals surface area (Å²) in [5.41, 5.74) is 4.51. The summed E-state index contributed by atoms with van der Waals surface area (Å²) >= 11 is 14.3. The number of methoxy groups -OCH3 is 1. The third kappa shape index (κ3) is 6.82. The highest BCUT2D eigenvalue weighted by Gasteiger charge is 2.49. The molecule has 2 N–H and O–H groups in total. The first-order valence-electron chi connectivity index (χ1n) is 13.7. The van der Waals surface area contributed by atoms with Gasteiger partial charge in [0.2, 0.25) is 0 Å². The van der Waals surface area contributed by atoms with Gasteiger partial charge in [-0.2, -0.15) is 0 Å². The van der Waals surface area contributed by atoms with Crippen molar-refractivity contribution in [2.45, 2.75) is 56.3 Å². The number of nitrogens with zero attached hydrogens (tertiary/aromatic N) is 1. The van der Waals surface area contributed by atoms with Gasteiger partial charge in [-0.05, 0) is 48.2 Å². The van der Waals surface area contributed by atoms with Crippen LogP contribution in [-0.2, 0) is 32.0 Å². The van der Waals surface area contributed by atoms with Crippen LogP contribution in [0.4, 0.5) is 0 Å². The smallest absolute Gasteiger partial charge is 0.338 e. The number of carbonyl (C=O) groups is 3. The van der Waals surface area contributed by atoms with Crippen molar-refractivity contribution in [3.63, 3.8) is 0 Å². The number of thiophene rings is 1. The minimum Gasteiger partial charge on any atom is -0.465 e. The fourth-order valence-corrected chi connectivity index (χ4v) is 7.98. The van der Waals surface area contributed by atoms with Gasteiger partial charge in [-0.25, -0.2) is 19.2 Å². The number of ether oxygens (including phenoxy) is 1. The normalized spacial score (nSPS) is 22.5. The van der Waals surface area contributed by atoms with Crippen LogP contribution in [0.25, 0.3) is 0 Å². The van der Waals surface area contributed by atoms with Crippen molar-refractivity contribution in [3.8, 4) is 0 Å². The Balaban J connectivity index is 1.53. The zero-order chi connectivity index (χ0) is 30.7. The molecule has 9 nitrogen and oxygen atoms in total. The fraction of sp³-hybridized carbons (Fsp3) is 0.367. The third-order valence-corrected chi connectivity index (χ3v) is 9.91. The molecule has 5 atom stereocenters. The summed E-state index contributed by atoms with van der Waals surface area (Å²) in [7, 11) is -0.000144. The maximum absolute atomic E-state index is 14.3. The van der Waals surface area contributed by atoms with Gasteiger partial charge in [-0.15, -0.1) is 11.3 Å². The monoisotopic (exact) mass is 663 g/mol. The number of fused-ring (bicyclic) bond motifs is 1. The summed E-state index contributed by atoms with van der Waals surface area (Å²) in [6, 6.07) is 12.3. The van der Waals surface area contributed by atoms with Crippen molar-refractivity contribution >= 4 is 63.3 Å². The van der Waals surface area contributed by atoms with Crippen LogP contribution < -0.4 is 10.2 Å². The number of carbonyl (C=O) groups excluding carboxylic acids is 3. The van der Waals surface area contributed by atoms with E-state index in [2.05, 4.69) is 10.2 Å². The molecule has 2 heterocycles. The average molecular weight is 665 g/mol. The second-order valence-electron chi connectivity index (χ2n) is 10.5. The van der Waals surface area contributed by atoms with E-state index >= 15 is 0 Å². The summed E-state index contributed by atoms with van der Waals surface area (Å²) in [5.74, 6) is -2.05. The van der Waals surface area contributed by atoms with Crippen molar-refractivity contribution in [2.75, 3.05) is 13.4 Å². The predicted octanol–water partition coefficient (Wildman–Crippen LogP) is 5.56. The summed E-state index contributed by atoms with van der Waals surface area (Å²) < 4.78 is 20.2. The van der Waals surface area contributed by atoms with Crippen molar-refractivity contribution in [3.05, 3.63) is 91.1 Å². The quantitative estimate of drug-likeness (QED) is 0.229. The van der Waals surface area contributed by atoms with E-state index in [4.69, 9.17) is 32.8 Å². The second-order valence-corrected chi connectivity index (χ2v) is 13.4. The van der Waals surface area contributed by atoms with Crippen LogP contribution in [0.15, 0.2) is 53.9 Å². The summed E-state index contributed by atoms with van der Waals surface area (Å²) in [4.78, 5) is 48.3. The first-order chi connectivity index (χ1) is 20.7. The maximum atomic E-state index is 14.3. The lowest BCUT2D eigenvalue weighted by molar-refractivity contribution is -0.138. The van der Waals surface area contributed by atoms with E-state index in [1.165, 1.54) is 18.4 Å². The topological polar surface area (TPSA) is 114 Å². The van der Waals surface area contributed by atoms with Crippen LogP contribution in [0.2, 0.25) is 10.0 Å².